The van der Waals surface area contributed by atoms with E-state index in [2.05, 4.69) is 20.3 Å². The molecule has 0 bridgehead atoms. The zero-order chi connectivity index (χ0) is 19.4. The number of thiophene rings is 1. The lowest BCUT2D eigenvalue weighted by molar-refractivity contribution is 0.203. The van der Waals surface area contributed by atoms with Crippen molar-refractivity contribution in [1.29, 1.82) is 0 Å². The first-order valence-corrected chi connectivity index (χ1v) is 10.2. The van der Waals surface area contributed by atoms with Crippen LogP contribution in [0, 0.1) is 0 Å². The number of amidine groups is 1. The highest BCUT2D eigenvalue weighted by Crippen LogP contribution is 2.29. The Morgan fingerprint density at radius 3 is 3.00 bits per heavy atom. The van der Waals surface area contributed by atoms with Crippen LogP contribution in [-0.4, -0.2) is 37.7 Å². The number of nitrogens with one attached hydrogen (secondary N) is 1. The first kappa shape index (κ1) is 19.7. The Balaban J connectivity index is 1.82. The molecular formula is C17H17ClN4O3S2. The van der Waals surface area contributed by atoms with Gasteiger partial charge in [0.25, 0.3) is 0 Å². The Morgan fingerprint density at radius 1 is 1.56 bits per heavy atom. The summed E-state index contributed by atoms with van der Waals surface area (Å²) in [5.41, 5.74) is 1.02. The van der Waals surface area contributed by atoms with Crippen molar-refractivity contribution in [2.75, 3.05) is 12.4 Å². The molecule has 0 fully saturated rings. The minimum atomic E-state index is -2.03. The number of hydrogen-bond acceptors (Lipinski definition) is 6. The lowest BCUT2D eigenvalue weighted by atomic mass is 10.1. The largest absolute Gasteiger partial charge is 0.494 e. The second kappa shape index (κ2) is 8.75. The summed E-state index contributed by atoms with van der Waals surface area (Å²) < 4.78 is 26.2. The maximum absolute atomic E-state index is 11.2. The molecule has 0 spiro atoms. The van der Waals surface area contributed by atoms with Gasteiger partial charge in [-0.3, -0.25) is 4.99 Å². The van der Waals surface area contributed by atoms with E-state index in [1.54, 1.807) is 25.4 Å². The number of rotatable bonds is 5. The van der Waals surface area contributed by atoms with E-state index in [0.29, 0.717) is 31.6 Å². The van der Waals surface area contributed by atoms with Crippen LogP contribution >= 0.6 is 22.9 Å². The normalized spacial score (nSPS) is 18.4. The Hall–Kier alpha value is -2.07. The van der Waals surface area contributed by atoms with Crippen LogP contribution in [-0.2, 0) is 15.8 Å². The van der Waals surface area contributed by atoms with Crippen molar-refractivity contribution >= 4 is 45.7 Å². The summed E-state index contributed by atoms with van der Waals surface area (Å²) in [4.78, 5) is 13.5. The zero-order valence-corrected chi connectivity index (χ0v) is 16.9. The topological polar surface area (TPSA) is 96.7 Å². The van der Waals surface area contributed by atoms with Crippen LogP contribution in [0.5, 0.6) is 0 Å². The predicted octanol–water partition coefficient (Wildman–Crippen LogP) is 4.13. The Kier molecular flexibility index (Phi) is 6.38. The fraction of sp³-hybridized carbons (Fsp3) is 0.235. The van der Waals surface area contributed by atoms with Gasteiger partial charge in [0.05, 0.1) is 17.3 Å². The van der Waals surface area contributed by atoms with Gasteiger partial charge in [0.1, 0.15) is 21.2 Å². The average Bonchev–Trinajstić information content (AvgIpc) is 3.34. The number of ether oxygens (including phenoxy) is 1. The van der Waals surface area contributed by atoms with Crippen LogP contribution in [0.1, 0.15) is 13.3 Å². The Morgan fingerprint density at radius 2 is 2.37 bits per heavy atom. The van der Waals surface area contributed by atoms with Crippen LogP contribution < -0.4 is 5.32 Å². The van der Waals surface area contributed by atoms with Crippen LogP contribution in [0.2, 0.25) is 5.02 Å². The molecule has 3 heterocycles. The summed E-state index contributed by atoms with van der Waals surface area (Å²) in [5, 5.41) is 3.44. The number of anilines is 1. The van der Waals surface area contributed by atoms with Gasteiger partial charge in [-0.15, -0.1) is 11.3 Å². The molecule has 0 radical (unpaired) electrons. The van der Waals surface area contributed by atoms with Crippen LogP contribution in [0.4, 0.5) is 5.82 Å². The molecule has 0 aliphatic carbocycles. The lowest BCUT2D eigenvalue weighted by Crippen LogP contribution is -2.15. The van der Waals surface area contributed by atoms with E-state index in [-0.39, 0.29) is 6.10 Å². The molecule has 2 aromatic heterocycles. The number of halogens is 1. The third kappa shape index (κ3) is 4.81. The van der Waals surface area contributed by atoms with Crippen molar-refractivity contribution in [3.63, 3.8) is 0 Å². The molecule has 142 valence electrons. The van der Waals surface area contributed by atoms with Gasteiger partial charge in [-0.25, -0.2) is 14.2 Å². The molecule has 0 saturated heterocycles. The molecule has 0 aromatic carbocycles. The predicted molar refractivity (Wildman–Crippen MR) is 109 cm³/mol. The van der Waals surface area contributed by atoms with Gasteiger partial charge in [-0.2, -0.15) is 0 Å². The van der Waals surface area contributed by atoms with Crippen LogP contribution in [0.3, 0.4) is 0 Å². The minimum absolute atomic E-state index is 0.00359. The maximum Gasteiger partial charge on any atom is 0.196 e. The highest BCUT2D eigenvalue weighted by molar-refractivity contribution is 7.81. The average molecular weight is 425 g/mol. The highest BCUT2D eigenvalue weighted by atomic mass is 35.5. The molecule has 27 heavy (non-hydrogen) atoms. The van der Waals surface area contributed by atoms with E-state index in [4.69, 9.17) is 16.3 Å². The van der Waals surface area contributed by atoms with Crippen molar-refractivity contribution in [3.05, 3.63) is 47.3 Å². The minimum Gasteiger partial charge on any atom is -0.494 e. The molecular weight excluding hydrogens is 408 g/mol. The summed E-state index contributed by atoms with van der Waals surface area (Å²) >= 11 is 5.34. The van der Waals surface area contributed by atoms with Gasteiger partial charge in [-0.1, -0.05) is 11.6 Å². The SMILES string of the molecule is CN=C(C=C(C)C1CC=CO1)Nc1nc(-c2ccc(S(=O)O)s2)ncc1Cl. The van der Waals surface area contributed by atoms with E-state index in [1.807, 2.05) is 19.1 Å². The van der Waals surface area contributed by atoms with Gasteiger partial charge in [0, 0.05) is 13.5 Å². The first-order valence-electron chi connectivity index (χ1n) is 7.94. The molecule has 2 N–H and O–H groups in total. The molecule has 1 aliphatic heterocycles. The lowest BCUT2D eigenvalue weighted by Gasteiger charge is -2.13. The van der Waals surface area contributed by atoms with Crippen LogP contribution in [0.15, 0.2) is 51.5 Å². The first-order chi connectivity index (χ1) is 13.0. The van der Waals surface area contributed by atoms with Gasteiger partial charge < -0.3 is 14.6 Å². The third-order valence-corrected chi connectivity index (χ3v) is 6.08. The fourth-order valence-electron chi connectivity index (χ4n) is 2.37. The molecule has 0 amide bonds. The van der Waals surface area contributed by atoms with Gasteiger partial charge >= 0.3 is 0 Å². The van der Waals surface area contributed by atoms with Crippen molar-refractivity contribution in [2.45, 2.75) is 23.7 Å². The summed E-state index contributed by atoms with van der Waals surface area (Å²) in [6.45, 7) is 1.97. The van der Waals surface area contributed by atoms with Crippen molar-refractivity contribution in [1.82, 2.24) is 9.97 Å². The molecule has 10 heteroatoms. The van der Waals surface area contributed by atoms with E-state index in [9.17, 15) is 8.76 Å². The molecule has 2 unspecified atom stereocenters. The van der Waals surface area contributed by atoms with Gasteiger partial charge in [0.15, 0.2) is 22.7 Å². The smallest absolute Gasteiger partial charge is 0.196 e. The van der Waals surface area contributed by atoms with Crippen molar-refractivity contribution in [3.8, 4) is 10.7 Å². The standard InChI is InChI=1S/C17H17ClN4O3S2/c1-10(12-4-3-7-25-12)8-14(19-2)21-16-11(18)9-20-17(22-16)13-5-6-15(26-13)27(23)24/h3,5-9,12H,4H2,1-2H3,(H,23,24)(H,19,20,21,22). The fourth-order valence-corrected chi connectivity index (χ4v) is 3.93. The second-order valence-electron chi connectivity index (χ2n) is 5.61. The summed E-state index contributed by atoms with van der Waals surface area (Å²) in [6.07, 6.45) is 7.86. The van der Waals surface area contributed by atoms with Gasteiger partial charge in [0.2, 0.25) is 0 Å². The molecule has 2 aromatic rings. The van der Waals surface area contributed by atoms with E-state index in [1.165, 1.54) is 6.20 Å². The van der Waals surface area contributed by atoms with Crippen LogP contribution in [0.25, 0.3) is 10.7 Å². The highest BCUT2D eigenvalue weighted by Gasteiger charge is 2.15. The second-order valence-corrected chi connectivity index (χ2v) is 8.30. The third-order valence-electron chi connectivity index (χ3n) is 3.77. The van der Waals surface area contributed by atoms with Crippen molar-refractivity contribution < 1.29 is 13.5 Å². The number of hydrogen-bond donors (Lipinski definition) is 2. The zero-order valence-electron chi connectivity index (χ0n) is 14.5. The molecule has 7 nitrogen and oxygen atoms in total. The quantitative estimate of drug-likeness (QED) is 0.425. The summed E-state index contributed by atoms with van der Waals surface area (Å²) in [7, 11) is 1.66. The molecule has 2 atom stereocenters. The molecule has 1 aliphatic rings. The number of aromatic nitrogens is 2. The Bertz CT molecular complexity index is 947. The Labute approximate surface area is 168 Å². The molecule has 3 rings (SSSR count). The summed E-state index contributed by atoms with van der Waals surface area (Å²) in [5.74, 6) is 1.39. The number of aliphatic imine (C=N–C) groups is 1. The van der Waals surface area contributed by atoms with Gasteiger partial charge in [-0.05, 0) is 36.8 Å². The van der Waals surface area contributed by atoms with E-state index in [0.717, 1.165) is 23.3 Å². The summed E-state index contributed by atoms with van der Waals surface area (Å²) in [6, 6.07) is 3.27. The monoisotopic (exact) mass is 424 g/mol. The van der Waals surface area contributed by atoms with E-state index >= 15 is 0 Å². The van der Waals surface area contributed by atoms with Crippen molar-refractivity contribution in [2.24, 2.45) is 4.99 Å². The maximum atomic E-state index is 11.2. The number of nitrogens with zero attached hydrogens (tertiary/aromatic N) is 3. The molecule has 0 saturated carbocycles. The van der Waals surface area contributed by atoms with E-state index < -0.39 is 11.1 Å².